The number of hydrogen-bond acceptors (Lipinski definition) is 3. The van der Waals surface area contributed by atoms with Crippen molar-refractivity contribution >= 4 is 44.9 Å². The normalized spacial score (nSPS) is 13.6. The zero-order chi connectivity index (χ0) is 22.1. The molecule has 0 aliphatic heterocycles. The van der Waals surface area contributed by atoms with Gasteiger partial charge >= 0.3 is 7.12 Å². The molecule has 30 heavy (non-hydrogen) atoms. The van der Waals surface area contributed by atoms with E-state index in [0.717, 1.165) is 16.2 Å². The van der Waals surface area contributed by atoms with Gasteiger partial charge in [0.2, 0.25) is 0 Å². The Morgan fingerprint density at radius 3 is 1.83 bits per heavy atom. The second-order valence-corrected chi connectivity index (χ2v) is 10.5. The molecule has 2 N–H and O–H groups in total. The van der Waals surface area contributed by atoms with Gasteiger partial charge < -0.3 is 14.8 Å². The van der Waals surface area contributed by atoms with Gasteiger partial charge in [-0.1, -0.05) is 69.3 Å². The number of rotatable bonds is 4. The van der Waals surface area contributed by atoms with E-state index in [1.54, 1.807) is 27.7 Å². The lowest BCUT2D eigenvalue weighted by Crippen LogP contribution is -2.53. The third-order valence-electron chi connectivity index (χ3n) is 6.64. The number of aliphatic hydroxyl groups is 1. The lowest BCUT2D eigenvalue weighted by molar-refractivity contribution is -0.0982. The zero-order valence-electron chi connectivity index (χ0n) is 19.0. The van der Waals surface area contributed by atoms with E-state index in [-0.39, 0.29) is 5.41 Å². The Morgan fingerprint density at radius 1 is 0.733 bits per heavy atom. The van der Waals surface area contributed by atoms with Crippen LogP contribution in [0.2, 0.25) is 0 Å². The van der Waals surface area contributed by atoms with E-state index in [2.05, 4.69) is 57.2 Å². The van der Waals surface area contributed by atoms with Crippen molar-refractivity contribution in [1.82, 2.24) is 0 Å². The Kier molecular flexibility index (Phi) is 4.70. The van der Waals surface area contributed by atoms with Crippen molar-refractivity contribution in [3.05, 3.63) is 54.1 Å². The molecule has 0 fully saturated rings. The molecule has 0 saturated heterocycles. The Bertz CT molecular complexity index is 1210. The molecule has 0 atom stereocenters. The predicted molar refractivity (Wildman–Crippen MR) is 128 cm³/mol. The zero-order valence-corrected chi connectivity index (χ0v) is 19.0. The van der Waals surface area contributed by atoms with Crippen LogP contribution in [0.25, 0.3) is 32.3 Å². The molecule has 4 rings (SSSR count). The van der Waals surface area contributed by atoms with E-state index >= 15 is 0 Å². The first kappa shape index (κ1) is 21.1. The van der Waals surface area contributed by atoms with Gasteiger partial charge in [0.15, 0.2) is 0 Å². The van der Waals surface area contributed by atoms with Gasteiger partial charge in [-0.3, -0.25) is 0 Å². The Morgan fingerprint density at radius 2 is 1.27 bits per heavy atom. The van der Waals surface area contributed by atoms with Crippen molar-refractivity contribution in [3.8, 4) is 0 Å². The van der Waals surface area contributed by atoms with E-state index in [1.165, 1.54) is 21.7 Å². The van der Waals surface area contributed by atoms with Crippen LogP contribution in [-0.2, 0) is 10.1 Å². The van der Waals surface area contributed by atoms with Crippen molar-refractivity contribution in [2.45, 2.75) is 65.1 Å². The highest BCUT2D eigenvalue weighted by atomic mass is 16.5. The number of hydrogen-bond donors (Lipinski definition) is 2. The van der Waals surface area contributed by atoms with Crippen LogP contribution < -0.4 is 5.46 Å². The van der Waals surface area contributed by atoms with Crippen molar-refractivity contribution in [2.24, 2.45) is 0 Å². The van der Waals surface area contributed by atoms with E-state index in [4.69, 9.17) is 4.65 Å². The van der Waals surface area contributed by atoms with Gasteiger partial charge in [-0.05, 0) is 76.5 Å². The van der Waals surface area contributed by atoms with Crippen molar-refractivity contribution in [1.29, 1.82) is 0 Å². The van der Waals surface area contributed by atoms with Crippen molar-refractivity contribution in [2.75, 3.05) is 0 Å². The van der Waals surface area contributed by atoms with Crippen LogP contribution in [0.1, 0.15) is 54.0 Å². The molecule has 0 radical (unpaired) electrons. The molecule has 4 aromatic carbocycles. The molecular formula is C26H31BO3. The summed E-state index contributed by atoms with van der Waals surface area (Å²) < 4.78 is 5.95. The minimum Gasteiger partial charge on any atom is -0.423 e. The first-order valence-electron chi connectivity index (χ1n) is 10.6. The molecule has 0 amide bonds. The molecule has 0 aliphatic carbocycles. The summed E-state index contributed by atoms with van der Waals surface area (Å²) in [5, 5.41) is 28.3. The van der Waals surface area contributed by atoms with Gasteiger partial charge in [0.05, 0.1) is 11.2 Å². The third-order valence-corrected chi connectivity index (χ3v) is 6.64. The molecule has 3 nitrogen and oxygen atoms in total. The molecule has 0 bridgehead atoms. The summed E-state index contributed by atoms with van der Waals surface area (Å²) in [6, 6.07) is 17.1. The smallest absolute Gasteiger partial charge is 0.423 e. The molecule has 0 spiro atoms. The summed E-state index contributed by atoms with van der Waals surface area (Å²) in [4.78, 5) is 0. The fourth-order valence-electron chi connectivity index (χ4n) is 3.98. The highest BCUT2D eigenvalue weighted by Crippen LogP contribution is 2.37. The maximum absolute atomic E-state index is 11.0. The van der Waals surface area contributed by atoms with Crippen LogP contribution >= 0.6 is 0 Å². The monoisotopic (exact) mass is 402 g/mol. The molecule has 0 aliphatic rings. The SMILES string of the molecule is CC(C)(C)c1cc2ccc3ccc(B(O)OC(C)(C)C(C)(C)O)c4ccc(c1)c2c34. The van der Waals surface area contributed by atoms with Gasteiger partial charge in [0.25, 0.3) is 0 Å². The van der Waals surface area contributed by atoms with Crippen molar-refractivity contribution in [3.63, 3.8) is 0 Å². The molecule has 0 heterocycles. The topological polar surface area (TPSA) is 49.7 Å². The average molecular weight is 402 g/mol. The van der Waals surface area contributed by atoms with Crippen LogP contribution in [-0.4, -0.2) is 28.5 Å². The molecule has 4 heteroatoms. The van der Waals surface area contributed by atoms with Gasteiger partial charge in [0.1, 0.15) is 0 Å². The average Bonchev–Trinajstić information content (AvgIpc) is 2.63. The molecule has 0 unspecified atom stereocenters. The minimum absolute atomic E-state index is 0.0718. The highest BCUT2D eigenvalue weighted by Gasteiger charge is 2.40. The Balaban J connectivity index is 1.92. The van der Waals surface area contributed by atoms with Gasteiger partial charge in [-0.15, -0.1) is 0 Å². The van der Waals surface area contributed by atoms with Crippen LogP contribution in [0.15, 0.2) is 48.5 Å². The third kappa shape index (κ3) is 3.37. The quantitative estimate of drug-likeness (QED) is 0.367. The van der Waals surface area contributed by atoms with E-state index in [0.29, 0.717) is 5.46 Å². The van der Waals surface area contributed by atoms with Crippen LogP contribution in [0.4, 0.5) is 0 Å². The van der Waals surface area contributed by atoms with E-state index in [9.17, 15) is 10.1 Å². The summed E-state index contributed by atoms with van der Waals surface area (Å²) >= 11 is 0. The second-order valence-electron chi connectivity index (χ2n) is 10.5. The molecule has 0 aromatic heterocycles. The number of benzene rings is 4. The first-order chi connectivity index (χ1) is 13.8. The lowest BCUT2D eigenvalue weighted by Gasteiger charge is -2.38. The minimum atomic E-state index is -1.14. The fourth-order valence-corrected chi connectivity index (χ4v) is 3.98. The summed E-state index contributed by atoms with van der Waals surface area (Å²) in [5.41, 5.74) is 0.0829. The van der Waals surface area contributed by atoms with E-state index < -0.39 is 18.3 Å². The summed E-state index contributed by atoms with van der Waals surface area (Å²) in [6.07, 6.45) is 0. The van der Waals surface area contributed by atoms with Gasteiger partial charge in [-0.2, -0.15) is 0 Å². The molecule has 0 saturated carbocycles. The van der Waals surface area contributed by atoms with Gasteiger partial charge in [-0.25, -0.2) is 0 Å². The summed E-state index contributed by atoms with van der Waals surface area (Å²) in [5.74, 6) is 0. The molecule has 156 valence electrons. The molecular weight excluding hydrogens is 371 g/mol. The molecule has 4 aromatic rings. The Hall–Kier alpha value is -2.14. The second kappa shape index (κ2) is 6.68. The standard InChI is InChI=1S/C26H31BO3/c1-24(2,3)19-14-17-9-8-16-11-13-21(27(29)30-26(6,7)25(4,5)28)20-12-10-18(15-19)22(17)23(16)20/h8-15,28-29H,1-7H3. The first-order valence-corrected chi connectivity index (χ1v) is 10.6. The van der Waals surface area contributed by atoms with Crippen LogP contribution in [0.5, 0.6) is 0 Å². The maximum Gasteiger partial charge on any atom is 0.492 e. The van der Waals surface area contributed by atoms with Crippen LogP contribution in [0.3, 0.4) is 0 Å². The fraction of sp³-hybridized carbons (Fsp3) is 0.385. The summed E-state index contributed by atoms with van der Waals surface area (Å²) in [6.45, 7) is 13.7. The Labute approximate surface area is 179 Å². The maximum atomic E-state index is 11.0. The van der Waals surface area contributed by atoms with E-state index in [1.807, 2.05) is 12.1 Å². The van der Waals surface area contributed by atoms with Crippen LogP contribution in [0, 0.1) is 0 Å². The predicted octanol–water partition coefficient (Wildman–Crippen LogP) is 5.14. The van der Waals surface area contributed by atoms with Crippen molar-refractivity contribution < 1.29 is 14.8 Å². The largest absolute Gasteiger partial charge is 0.492 e. The van der Waals surface area contributed by atoms with Gasteiger partial charge in [0, 0.05) is 0 Å². The summed E-state index contributed by atoms with van der Waals surface area (Å²) in [7, 11) is -1.14. The highest BCUT2D eigenvalue weighted by molar-refractivity contribution is 6.64. The lowest BCUT2D eigenvalue weighted by atomic mass is 9.73.